The average Bonchev–Trinajstić information content (AvgIpc) is 2.77. The molecule has 2 aromatic carbocycles. The number of ether oxygens (including phenoxy) is 1. The van der Waals surface area contributed by atoms with E-state index in [0.717, 1.165) is 16.4 Å². The number of aliphatic hydroxyl groups is 1. The molecule has 0 saturated carbocycles. The molecule has 1 saturated heterocycles. The Morgan fingerprint density at radius 2 is 1.72 bits per heavy atom. The number of benzene rings is 2. The fourth-order valence-corrected chi connectivity index (χ4v) is 4.98. The van der Waals surface area contributed by atoms with Gasteiger partial charge in [-0.25, -0.2) is 13.9 Å². The molecule has 0 radical (unpaired) electrons. The van der Waals surface area contributed by atoms with Crippen LogP contribution in [0.15, 0.2) is 53.4 Å². The van der Waals surface area contributed by atoms with Crippen LogP contribution in [-0.2, 0) is 27.6 Å². The molecular weight excluding hydrogens is 453 g/mol. The fourth-order valence-electron chi connectivity index (χ4n) is 3.32. The van der Waals surface area contributed by atoms with Crippen molar-refractivity contribution >= 4 is 15.9 Å². The van der Waals surface area contributed by atoms with Crippen molar-refractivity contribution in [1.29, 1.82) is 0 Å². The number of hydrogen-bond acceptors (Lipinski definition) is 6. The Kier molecular flexibility index (Phi) is 7.08. The predicted molar refractivity (Wildman–Crippen MR) is 105 cm³/mol. The van der Waals surface area contributed by atoms with Gasteiger partial charge in [0, 0.05) is 6.54 Å². The van der Waals surface area contributed by atoms with Crippen molar-refractivity contribution in [3.05, 3.63) is 59.7 Å². The van der Waals surface area contributed by atoms with Gasteiger partial charge in [0.2, 0.25) is 10.0 Å². The molecule has 2 aromatic rings. The second kappa shape index (κ2) is 9.45. The Balaban J connectivity index is 1.70. The minimum Gasteiger partial charge on any atom is -0.489 e. The summed E-state index contributed by atoms with van der Waals surface area (Å²) in [4.78, 5) is 11.7. The van der Waals surface area contributed by atoms with E-state index >= 15 is 0 Å². The first-order valence-electron chi connectivity index (χ1n) is 9.55. The average molecular weight is 474 g/mol. The molecule has 2 atom stereocenters. The van der Waals surface area contributed by atoms with Gasteiger partial charge in [0.1, 0.15) is 18.4 Å². The summed E-state index contributed by atoms with van der Waals surface area (Å²) >= 11 is 0. The topological polar surface area (TPSA) is 116 Å². The molecule has 8 nitrogen and oxygen atoms in total. The third-order valence-corrected chi connectivity index (χ3v) is 6.93. The van der Waals surface area contributed by atoms with Crippen LogP contribution >= 0.6 is 0 Å². The predicted octanol–water partition coefficient (Wildman–Crippen LogP) is 2.30. The number of hydroxylamine groups is 1. The van der Waals surface area contributed by atoms with Crippen LogP contribution in [0.4, 0.5) is 13.2 Å². The lowest BCUT2D eigenvalue weighted by Gasteiger charge is -2.35. The van der Waals surface area contributed by atoms with E-state index in [9.17, 15) is 31.5 Å². The molecule has 0 aromatic heterocycles. The van der Waals surface area contributed by atoms with Crippen molar-refractivity contribution in [2.24, 2.45) is 0 Å². The zero-order valence-corrected chi connectivity index (χ0v) is 17.4. The van der Waals surface area contributed by atoms with E-state index in [1.54, 1.807) is 0 Å². The zero-order valence-electron chi connectivity index (χ0n) is 16.6. The van der Waals surface area contributed by atoms with Crippen molar-refractivity contribution in [2.45, 2.75) is 42.7 Å². The molecular formula is C20H21F3N2O6S. The van der Waals surface area contributed by atoms with Crippen LogP contribution in [0.5, 0.6) is 5.75 Å². The quantitative estimate of drug-likeness (QED) is 0.437. The highest BCUT2D eigenvalue weighted by Gasteiger charge is 2.40. The number of nitrogens with zero attached hydrogens (tertiary/aromatic N) is 1. The van der Waals surface area contributed by atoms with Gasteiger partial charge < -0.3 is 9.84 Å². The van der Waals surface area contributed by atoms with Gasteiger partial charge in [0.25, 0.3) is 5.91 Å². The SMILES string of the molecule is O=C(NO)[C@H]1CC[C@@H](O)CN1S(=O)(=O)c1ccc(OCc2ccc(C(F)(F)F)cc2)cc1. The van der Waals surface area contributed by atoms with E-state index in [1.807, 2.05) is 0 Å². The van der Waals surface area contributed by atoms with Crippen LogP contribution in [0.25, 0.3) is 0 Å². The van der Waals surface area contributed by atoms with Gasteiger partial charge in [-0.05, 0) is 54.8 Å². The molecule has 0 unspecified atom stereocenters. The molecule has 1 heterocycles. The molecule has 174 valence electrons. The number of carbonyl (C=O) groups excluding carboxylic acids is 1. The fraction of sp³-hybridized carbons (Fsp3) is 0.350. The van der Waals surface area contributed by atoms with E-state index in [2.05, 4.69) is 0 Å². The zero-order chi connectivity index (χ0) is 23.5. The minimum absolute atomic E-state index is 0.0265. The van der Waals surface area contributed by atoms with Crippen LogP contribution < -0.4 is 10.2 Å². The van der Waals surface area contributed by atoms with Crippen LogP contribution in [0.1, 0.15) is 24.0 Å². The monoisotopic (exact) mass is 474 g/mol. The molecule has 12 heteroatoms. The molecule has 1 fully saturated rings. The van der Waals surface area contributed by atoms with E-state index in [0.29, 0.717) is 5.56 Å². The summed E-state index contributed by atoms with van der Waals surface area (Å²) in [5.74, 6) is -0.607. The molecule has 0 aliphatic carbocycles. The van der Waals surface area contributed by atoms with Crippen LogP contribution in [0.2, 0.25) is 0 Å². The summed E-state index contributed by atoms with van der Waals surface area (Å²) in [5.41, 5.74) is 1.17. The second-order valence-corrected chi connectivity index (χ2v) is 9.14. The summed E-state index contributed by atoms with van der Waals surface area (Å²) in [6.07, 6.45) is -5.12. The number of sulfonamides is 1. The minimum atomic E-state index is -4.43. The lowest BCUT2D eigenvalue weighted by atomic mass is 10.0. The number of rotatable bonds is 6. The summed E-state index contributed by atoms with van der Waals surface area (Å²) in [6, 6.07) is 8.56. The van der Waals surface area contributed by atoms with E-state index in [4.69, 9.17) is 9.94 Å². The van der Waals surface area contributed by atoms with Crippen molar-refractivity contribution in [3.8, 4) is 5.75 Å². The lowest BCUT2D eigenvalue weighted by molar-refractivity contribution is -0.137. The number of aliphatic hydroxyl groups excluding tert-OH is 1. The number of halogens is 3. The molecule has 0 bridgehead atoms. The van der Waals surface area contributed by atoms with Gasteiger partial charge in [-0.15, -0.1) is 0 Å². The highest BCUT2D eigenvalue weighted by Crippen LogP contribution is 2.30. The van der Waals surface area contributed by atoms with Gasteiger partial charge in [-0.2, -0.15) is 17.5 Å². The van der Waals surface area contributed by atoms with Crippen molar-refractivity contribution < 1.29 is 41.4 Å². The van der Waals surface area contributed by atoms with Crippen LogP contribution in [0.3, 0.4) is 0 Å². The molecule has 32 heavy (non-hydrogen) atoms. The Hall–Kier alpha value is -2.67. The standard InChI is InChI=1S/C20H21F3N2O6S/c21-20(22,23)14-3-1-13(2-4-14)12-31-16-6-8-17(9-7-16)32(29,30)25-11-15(26)5-10-18(25)19(27)24-28/h1-4,6-9,15,18,26,28H,5,10-12H2,(H,24,27)/t15-,18-/m1/s1. The van der Waals surface area contributed by atoms with Crippen LogP contribution in [-0.4, -0.2) is 47.6 Å². The molecule has 1 aliphatic rings. The summed E-state index contributed by atoms with van der Waals surface area (Å²) in [7, 11) is -4.16. The second-order valence-electron chi connectivity index (χ2n) is 7.25. The number of amides is 1. The third-order valence-electron chi connectivity index (χ3n) is 5.04. The van der Waals surface area contributed by atoms with Gasteiger partial charge in [0.05, 0.1) is 16.6 Å². The number of carbonyl (C=O) groups is 1. The normalized spacial score (nSPS) is 20.0. The van der Waals surface area contributed by atoms with E-state index < -0.39 is 39.8 Å². The molecule has 3 N–H and O–H groups in total. The first kappa shape index (κ1) is 24.0. The van der Waals surface area contributed by atoms with Crippen molar-refractivity contribution in [3.63, 3.8) is 0 Å². The maximum Gasteiger partial charge on any atom is 0.416 e. The largest absolute Gasteiger partial charge is 0.489 e. The molecule has 1 aliphatic heterocycles. The smallest absolute Gasteiger partial charge is 0.416 e. The Labute approximate surface area is 182 Å². The Morgan fingerprint density at radius 1 is 1.09 bits per heavy atom. The molecule has 3 rings (SSSR count). The van der Waals surface area contributed by atoms with Crippen LogP contribution in [0, 0.1) is 0 Å². The summed E-state index contributed by atoms with van der Waals surface area (Å²) in [5, 5.41) is 18.8. The Bertz CT molecular complexity index is 1040. The third kappa shape index (κ3) is 5.38. The lowest BCUT2D eigenvalue weighted by Crippen LogP contribution is -2.54. The first-order valence-corrected chi connectivity index (χ1v) is 11.0. The Morgan fingerprint density at radius 3 is 2.28 bits per heavy atom. The summed E-state index contributed by atoms with van der Waals surface area (Å²) < 4.78 is 70.2. The van der Waals surface area contributed by atoms with Gasteiger partial charge in [-0.1, -0.05) is 12.1 Å². The van der Waals surface area contributed by atoms with Crippen molar-refractivity contribution in [2.75, 3.05) is 6.54 Å². The molecule has 1 amide bonds. The number of hydrogen-bond donors (Lipinski definition) is 3. The van der Waals surface area contributed by atoms with Gasteiger partial charge in [-0.3, -0.25) is 10.0 Å². The highest BCUT2D eigenvalue weighted by atomic mass is 32.2. The number of piperidine rings is 1. The van der Waals surface area contributed by atoms with Gasteiger partial charge >= 0.3 is 6.18 Å². The maximum absolute atomic E-state index is 13.0. The highest BCUT2D eigenvalue weighted by molar-refractivity contribution is 7.89. The molecule has 0 spiro atoms. The van der Waals surface area contributed by atoms with E-state index in [1.165, 1.54) is 41.9 Å². The van der Waals surface area contributed by atoms with E-state index in [-0.39, 0.29) is 36.6 Å². The number of alkyl halides is 3. The number of nitrogens with one attached hydrogen (secondary N) is 1. The number of β-amino-alcohol motifs (C(OH)–C–C–N with tert-alkyl or cyclic N) is 1. The van der Waals surface area contributed by atoms with Crippen molar-refractivity contribution in [1.82, 2.24) is 9.79 Å². The summed E-state index contributed by atoms with van der Waals surface area (Å²) in [6.45, 7) is -0.326. The first-order chi connectivity index (χ1) is 15.0. The maximum atomic E-state index is 13.0. The van der Waals surface area contributed by atoms with Gasteiger partial charge in [0.15, 0.2) is 0 Å².